The van der Waals surface area contributed by atoms with Crippen molar-refractivity contribution in [2.75, 3.05) is 5.32 Å². The number of nitrogens with zero attached hydrogens (tertiary/aromatic N) is 1. The number of carbonyl (C=O) groups is 2. The molecule has 0 saturated carbocycles. The van der Waals surface area contributed by atoms with Crippen LogP contribution in [0.5, 0.6) is 0 Å². The van der Waals surface area contributed by atoms with E-state index in [-0.39, 0.29) is 22.8 Å². The molecule has 5 nitrogen and oxygen atoms in total. The molecule has 1 aromatic heterocycles. The van der Waals surface area contributed by atoms with E-state index in [0.29, 0.717) is 27.5 Å². The van der Waals surface area contributed by atoms with E-state index < -0.39 is 0 Å². The molecule has 4 rings (SSSR count). The van der Waals surface area contributed by atoms with Crippen molar-refractivity contribution in [1.82, 2.24) is 5.16 Å². The minimum atomic E-state index is -0.273. The zero-order chi connectivity index (χ0) is 14.6. The van der Waals surface area contributed by atoms with Crippen LogP contribution in [0.1, 0.15) is 21.6 Å². The Morgan fingerprint density at radius 1 is 1.14 bits per heavy atom. The highest BCUT2D eigenvalue weighted by Gasteiger charge is 2.33. The fraction of sp³-hybridized carbons (Fsp3) is 0. The molecule has 1 aliphatic carbocycles. The fourth-order valence-corrected chi connectivity index (χ4v) is 2.74. The molecule has 0 unspecified atom stereocenters. The molecular formula is C15H7ClN2O3. The van der Waals surface area contributed by atoms with E-state index in [2.05, 4.69) is 10.5 Å². The maximum absolute atomic E-state index is 12.5. The van der Waals surface area contributed by atoms with E-state index in [1.165, 1.54) is 12.3 Å². The van der Waals surface area contributed by atoms with Crippen LogP contribution in [0.2, 0.25) is 5.02 Å². The third-order valence-electron chi connectivity index (χ3n) is 3.49. The van der Waals surface area contributed by atoms with Crippen molar-refractivity contribution in [3.05, 3.63) is 58.1 Å². The number of allylic oxidation sites excluding steroid dienone is 3. The van der Waals surface area contributed by atoms with E-state index in [4.69, 9.17) is 16.1 Å². The van der Waals surface area contributed by atoms with E-state index in [1.807, 2.05) is 0 Å². The van der Waals surface area contributed by atoms with Gasteiger partial charge in [-0.3, -0.25) is 9.59 Å². The van der Waals surface area contributed by atoms with Gasteiger partial charge in [-0.05, 0) is 24.3 Å². The zero-order valence-electron chi connectivity index (χ0n) is 10.5. The Bertz CT molecular complexity index is 877. The van der Waals surface area contributed by atoms with Crippen LogP contribution in [-0.2, 0) is 4.79 Å². The molecule has 0 bridgehead atoms. The Morgan fingerprint density at radius 3 is 2.81 bits per heavy atom. The number of para-hydroxylation sites is 1. The van der Waals surface area contributed by atoms with E-state index >= 15 is 0 Å². The number of carbonyl (C=O) groups excluding carboxylic acids is 2. The molecule has 0 radical (unpaired) electrons. The summed E-state index contributed by atoms with van der Waals surface area (Å²) in [5.41, 5.74) is 2.45. The lowest BCUT2D eigenvalue weighted by atomic mass is 9.93. The van der Waals surface area contributed by atoms with Gasteiger partial charge in [-0.15, -0.1) is 0 Å². The van der Waals surface area contributed by atoms with Crippen molar-refractivity contribution in [3.8, 4) is 0 Å². The minimum Gasteiger partial charge on any atom is -0.363 e. The topological polar surface area (TPSA) is 72.2 Å². The van der Waals surface area contributed by atoms with E-state index in [0.717, 1.165) is 0 Å². The van der Waals surface area contributed by atoms with Gasteiger partial charge < -0.3 is 9.84 Å². The molecule has 0 saturated heterocycles. The predicted molar refractivity (Wildman–Crippen MR) is 76.9 cm³/mol. The monoisotopic (exact) mass is 298 g/mol. The first-order valence-electron chi connectivity index (χ1n) is 6.18. The van der Waals surface area contributed by atoms with Gasteiger partial charge in [0.15, 0.2) is 5.78 Å². The lowest BCUT2D eigenvalue weighted by Gasteiger charge is -2.10. The molecule has 102 valence electrons. The largest absolute Gasteiger partial charge is 0.363 e. The van der Waals surface area contributed by atoms with Crippen LogP contribution in [0, 0.1) is 0 Å². The number of rotatable bonds is 0. The fourth-order valence-electron chi connectivity index (χ4n) is 2.51. The standard InChI is InChI=1S/C15H7ClN2O3/c16-9-3-1-2-7-13(9)17-14(15(7)20)12-8-6-21-18-10(8)4-5-11(12)19/h1-6,17H. The van der Waals surface area contributed by atoms with Crippen LogP contribution in [0.3, 0.4) is 0 Å². The SMILES string of the molecule is O=C1C=Cc2nocc2C1=C1Nc2c(Cl)cccc2C1=O. The third-order valence-corrected chi connectivity index (χ3v) is 3.81. The molecule has 1 N–H and O–H groups in total. The average molecular weight is 299 g/mol. The number of ketones is 2. The Hall–Kier alpha value is -2.66. The Morgan fingerprint density at radius 2 is 2.00 bits per heavy atom. The first-order chi connectivity index (χ1) is 10.2. The molecule has 2 heterocycles. The van der Waals surface area contributed by atoms with E-state index in [1.54, 1.807) is 24.3 Å². The summed E-state index contributed by atoms with van der Waals surface area (Å²) in [7, 11) is 0. The lowest BCUT2D eigenvalue weighted by Crippen LogP contribution is -2.13. The van der Waals surface area contributed by atoms with Crippen LogP contribution in [-0.4, -0.2) is 16.7 Å². The highest BCUT2D eigenvalue weighted by molar-refractivity contribution is 6.40. The first kappa shape index (κ1) is 12.1. The van der Waals surface area contributed by atoms with Gasteiger partial charge in [-0.25, -0.2) is 0 Å². The molecule has 0 spiro atoms. The van der Waals surface area contributed by atoms with Crippen molar-refractivity contribution < 1.29 is 14.1 Å². The van der Waals surface area contributed by atoms with Gasteiger partial charge in [0.1, 0.15) is 12.0 Å². The van der Waals surface area contributed by atoms with Gasteiger partial charge in [0.2, 0.25) is 5.78 Å². The number of fused-ring (bicyclic) bond motifs is 2. The number of Topliss-reactive ketones (excluding diaryl/α,β-unsaturated/α-hetero) is 1. The Balaban J connectivity index is 1.96. The van der Waals surface area contributed by atoms with Gasteiger partial charge in [-0.2, -0.15) is 0 Å². The normalized spacial score (nSPS) is 19.5. The summed E-state index contributed by atoms with van der Waals surface area (Å²) >= 11 is 6.09. The second kappa shape index (κ2) is 4.17. The summed E-state index contributed by atoms with van der Waals surface area (Å²) in [6.45, 7) is 0. The van der Waals surface area contributed by atoms with Crippen molar-refractivity contribution >= 4 is 40.5 Å². The number of aromatic nitrogens is 1. The Labute approximate surface area is 123 Å². The van der Waals surface area contributed by atoms with Crippen molar-refractivity contribution in [2.45, 2.75) is 0 Å². The minimum absolute atomic E-state index is 0.205. The molecule has 0 fully saturated rings. The summed E-state index contributed by atoms with van der Waals surface area (Å²) in [5, 5.41) is 7.18. The van der Waals surface area contributed by atoms with Gasteiger partial charge in [0, 0.05) is 5.56 Å². The average Bonchev–Trinajstić information content (AvgIpc) is 3.06. The summed E-state index contributed by atoms with van der Waals surface area (Å²) in [4.78, 5) is 24.7. The van der Waals surface area contributed by atoms with Gasteiger partial charge in [0.25, 0.3) is 0 Å². The highest BCUT2D eigenvalue weighted by Crippen LogP contribution is 2.38. The van der Waals surface area contributed by atoms with Gasteiger partial charge in [-0.1, -0.05) is 22.8 Å². The molecule has 21 heavy (non-hydrogen) atoms. The number of nitrogens with one attached hydrogen (secondary N) is 1. The lowest BCUT2D eigenvalue weighted by molar-refractivity contribution is -0.109. The molecule has 0 atom stereocenters. The number of benzene rings is 1. The second-order valence-electron chi connectivity index (χ2n) is 4.68. The molecule has 2 aromatic rings. The zero-order valence-corrected chi connectivity index (χ0v) is 11.3. The Kier molecular flexibility index (Phi) is 2.40. The second-order valence-corrected chi connectivity index (χ2v) is 5.08. The van der Waals surface area contributed by atoms with Crippen molar-refractivity contribution in [3.63, 3.8) is 0 Å². The van der Waals surface area contributed by atoms with Gasteiger partial charge in [0.05, 0.1) is 27.5 Å². The maximum Gasteiger partial charge on any atom is 0.212 e. The molecular weight excluding hydrogens is 292 g/mol. The molecule has 1 aromatic carbocycles. The van der Waals surface area contributed by atoms with Crippen LogP contribution in [0.15, 0.2) is 40.8 Å². The third kappa shape index (κ3) is 1.61. The van der Waals surface area contributed by atoms with Crippen molar-refractivity contribution in [1.29, 1.82) is 0 Å². The molecule has 0 amide bonds. The van der Waals surface area contributed by atoms with Gasteiger partial charge >= 0.3 is 0 Å². The maximum atomic E-state index is 12.5. The predicted octanol–water partition coefficient (Wildman–Crippen LogP) is 2.94. The number of halogens is 1. The smallest absolute Gasteiger partial charge is 0.212 e. The van der Waals surface area contributed by atoms with Crippen LogP contribution in [0.25, 0.3) is 11.6 Å². The summed E-state index contributed by atoms with van der Waals surface area (Å²) in [6.07, 6.45) is 4.29. The molecule has 1 aliphatic heterocycles. The number of anilines is 1. The summed E-state index contributed by atoms with van der Waals surface area (Å²) in [5.74, 6) is -0.538. The summed E-state index contributed by atoms with van der Waals surface area (Å²) < 4.78 is 4.89. The van der Waals surface area contributed by atoms with E-state index in [9.17, 15) is 9.59 Å². The quantitative estimate of drug-likeness (QED) is 0.757. The molecule has 2 aliphatic rings. The number of hydrogen-bond acceptors (Lipinski definition) is 5. The number of hydrogen-bond donors (Lipinski definition) is 1. The first-order valence-corrected chi connectivity index (χ1v) is 6.56. The summed E-state index contributed by atoms with van der Waals surface area (Å²) in [6, 6.07) is 5.05. The highest BCUT2D eigenvalue weighted by atomic mass is 35.5. The van der Waals surface area contributed by atoms with Crippen molar-refractivity contribution in [2.24, 2.45) is 0 Å². The van der Waals surface area contributed by atoms with Crippen LogP contribution >= 0.6 is 11.6 Å². The molecule has 6 heteroatoms. The van der Waals surface area contributed by atoms with Crippen LogP contribution < -0.4 is 5.32 Å². The van der Waals surface area contributed by atoms with Crippen LogP contribution in [0.4, 0.5) is 5.69 Å².